The maximum Gasteiger partial charge on any atom is 0.161 e. The van der Waals surface area contributed by atoms with E-state index in [0.29, 0.717) is 18.3 Å². The van der Waals surface area contributed by atoms with Crippen LogP contribution in [0.5, 0.6) is 11.5 Å². The molecule has 2 nitrogen and oxygen atoms in total. The van der Waals surface area contributed by atoms with Gasteiger partial charge in [0.05, 0.1) is 6.61 Å². The van der Waals surface area contributed by atoms with E-state index < -0.39 is 5.82 Å². The van der Waals surface area contributed by atoms with Crippen LogP contribution in [0.3, 0.4) is 0 Å². The van der Waals surface area contributed by atoms with Crippen molar-refractivity contribution in [2.45, 2.75) is 12.8 Å². The fraction of sp³-hybridized carbons (Fsp3) is 0.400. The van der Waals surface area contributed by atoms with Gasteiger partial charge in [-0.1, -0.05) is 0 Å². The van der Waals surface area contributed by atoms with Crippen molar-refractivity contribution in [3.05, 3.63) is 24.0 Å². The van der Waals surface area contributed by atoms with Gasteiger partial charge >= 0.3 is 0 Å². The number of hydrogen-bond acceptors (Lipinski definition) is 2. The lowest BCUT2D eigenvalue weighted by molar-refractivity contribution is 0.283. The number of phenols is 1. The highest BCUT2D eigenvalue weighted by Crippen LogP contribution is 2.32. The van der Waals surface area contributed by atoms with E-state index in [-0.39, 0.29) is 5.75 Å². The lowest BCUT2D eigenvalue weighted by Gasteiger charge is -2.06. The molecule has 0 aromatic heterocycles. The fourth-order valence-electron chi connectivity index (χ4n) is 1.10. The lowest BCUT2D eigenvalue weighted by atomic mass is 10.3. The molecule has 3 heteroatoms. The van der Waals surface area contributed by atoms with Crippen LogP contribution in [0.4, 0.5) is 4.39 Å². The Morgan fingerprint density at radius 3 is 2.85 bits per heavy atom. The molecular formula is C10H11FO2. The maximum atomic E-state index is 12.5. The second-order valence-electron chi connectivity index (χ2n) is 3.37. The molecule has 0 unspecified atom stereocenters. The molecule has 1 aromatic rings. The van der Waals surface area contributed by atoms with Gasteiger partial charge in [-0.3, -0.25) is 0 Å². The van der Waals surface area contributed by atoms with Gasteiger partial charge in [0.15, 0.2) is 11.5 Å². The Bertz CT molecular complexity index is 308. The summed E-state index contributed by atoms with van der Waals surface area (Å²) in [5, 5.41) is 9.26. The second kappa shape index (κ2) is 3.24. The molecule has 0 heterocycles. The summed E-state index contributed by atoms with van der Waals surface area (Å²) in [7, 11) is 0. The average Bonchev–Trinajstić information content (AvgIpc) is 2.86. The Balaban J connectivity index is 2.01. The van der Waals surface area contributed by atoms with Crippen molar-refractivity contribution >= 4 is 0 Å². The summed E-state index contributed by atoms with van der Waals surface area (Å²) in [4.78, 5) is 0. The number of phenolic OH excluding ortho intramolecular Hbond substituents is 1. The third-order valence-electron chi connectivity index (χ3n) is 2.09. The van der Waals surface area contributed by atoms with Gasteiger partial charge in [-0.2, -0.15) is 0 Å². The molecule has 1 aromatic carbocycles. The van der Waals surface area contributed by atoms with Gasteiger partial charge in [0, 0.05) is 6.07 Å². The van der Waals surface area contributed by atoms with E-state index in [1.54, 1.807) is 0 Å². The first-order valence-corrected chi connectivity index (χ1v) is 4.37. The van der Waals surface area contributed by atoms with Gasteiger partial charge < -0.3 is 9.84 Å². The molecule has 13 heavy (non-hydrogen) atoms. The van der Waals surface area contributed by atoms with E-state index in [4.69, 9.17) is 4.74 Å². The van der Waals surface area contributed by atoms with Gasteiger partial charge in [-0.25, -0.2) is 4.39 Å². The normalized spacial score (nSPS) is 15.8. The molecule has 0 saturated heterocycles. The Morgan fingerprint density at radius 2 is 2.23 bits per heavy atom. The van der Waals surface area contributed by atoms with E-state index in [1.807, 2.05) is 0 Å². The number of rotatable bonds is 3. The molecule has 1 aliphatic rings. The molecule has 1 N–H and O–H groups in total. The summed E-state index contributed by atoms with van der Waals surface area (Å²) in [5.74, 6) is 0.426. The molecule has 1 saturated carbocycles. The smallest absolute Gasteiger partial charge is 0.161 e. The van der Waals surface area contributed by atoms with E-state index in [0.717, 1.165) is 6.07 Å². The van der Waals surface area contributed by atoms with Crippen LogP contribution in [-0.2, 0) is 0 Å². The first-order chi connectivity index (χ1) is 6.25. The predicted octanol–water partition coefficient (Wildman–Crippen LogP) is 2.32. The summed E-state index contributed by atoms with van der Waals surface area (Å²) >= 11 is 0. The summed E-state index contributed by atoms with van der Waals surface area (Å²) in [5.41, 5.74) is 0. The average molecular weight is 182 g/mol. The fourth-order valence-corrected chi connectivity index (χ4v) is 1.10. The number of hydrogen-bond donors (Lipinski definition) is 1. The third kappa shape index (κ3) is 2.11. The molecule has 70 valence electrons. The van der Waals surface area contributed by atoms with Crippen LogP contribution in [0.15, 0.2) is 18.2 Å². The van der Waals surface area contributed by atoms with Crippen molar-refractivity contribution < 1.29 is 14.2 Å². The zero-order valence-corrected chi connectivity index (χ0v) is 7.16. The SMILES string of the molecule is Oc1cc(F)ccc1OCC1CC1. The van der Waals surface area contributed by atoms with Crippen molar-refractivity contribution in [1.82, 2.24) is 0 Å². The summed E-state index contributed by atoms with van der Waals surface area (Å²) < 4.78 is 17.8. The van der Waals surface area contributed by atoms with E-state index in [9.17, 15) is 9.50 Å². The van der Waals surface area contributed by atoms with Gasteiger partial charge in [-0.05, 0) is 30.9 Å². The number of halogens is 1. The number of ether oxygens (including phenoxy) is 1. The molecule has 0 radical (unpaired) electrons. The quantitative estimate of drug-likeness (QED) is 0.777. The van der Waals surface area contributed by atoms with Crippen molar-refractivity contribution in [1.29, 1.82) is 0 Å². The number of aromatic hydroxyl groups is 1. The monoisotopic (exact) mass is 182 g/mol. The first-order valence-electron chi connectivity index (χ1n) is 4.37. The molecule has 1 fully saturated rings. The molecule has 0 amide bonds. The standard InChI is InChI=1S/C10H11FO2/c11-8-3-4-10(9(12)5-8)13-6-7-1-2-7/h3-5,7,12H,1-2,6H2. The Kier molecular flexibility index (Phi) is 2.08. The van der Waals surface area contributed by atoms with E-state index in [2.05, 4.69) is 0 Å². The first kappa shape index (κ1) is 8.35. The maximum absolute atomic E-state index is 12.5. The van der Waals surface area contributed by atoms with Gasteiger partial charge in [0.2, 0.25) is 0 Å². The second-order valence-corrected chi connectivity index (χ2v) is 3.37. The molecule has 0 aliphatic heterocycles. The zero-order valence-electron chi connectivity index (χ0n) is 7.16. The van der Waals surface area contributed by atoms with Crippen LogP contribution in [-0.4, -0.2) is 11.7 Å². The minimum Gasteiger partial charge on any atom is -0.504 e. The highest BCUT2D eigenvalue weighted by atomic mass is 19.1. The van der Waals surface area contributed by atoms with Crippen molar-refractivity contribution in [2.75, 3.05) is 6.61 Å². The van der Waals surface area contributed by atoms with E-state index >= 15 is 0 Å². The summed E-state index contributed by atoms with van der Waals surface area (Å²) in [6.45, 7) is 0.624. The number of benzene rings is 1. The van der Waals surface area contributed by atoms with Gasteiger partial charge in [-0.15, -0.1) is 0 Å². The zero-order chi connectivity index (χ0) is 9.26. The van der Waals surface area contributed by atoms with Crippen LogP contribution in [0.1, 0.15) is 12.8 Å². The van der Waals surface area contributed by atoms with E-state index in [1.165, 1.54) is 25.0 Å². The molecular weight excluding hydrogens is 171 g/mol. The lowest BCUT2D eigenvalue weighted by Crippen LogP contribution is -1.98. The van der Waals surface area contributed by atoms with Crippen molar-refractivity contribution in [2.24, 2.45) is 5.92 Å². The summed E-state index contributed by atoms with van der Waals surface area (Å²) in [6, 6.07) is 3.79. The largest absolute Gasteiger partial charge is 0.504 e. The Morgan fingerprint density at radius 1 is 1.46 bits per heavy atom. The van der Waals surface area contributed by atoms with Gasteiger partial charge in [0.1, 0.15) is 5.82 Å². The molecule has 0 spiro atoms. The highest BCUT2D eigenvalue weighted by Gasteiger charge is 2.22. The Hall–Kier alpha value is -1.25. The van der Waals surface area contributed by atoms with Crippen LogP contribution in [0.2, 0.25) is 0 Å². The van der Waals surface area contributed by atoms with Crippen LogP contribution < -0.4 is 4.74 Å². The molecule has 0 bridgehead atoms. The molecule has 2 rings (SSSR count). The third-order valence-corrected chi connectivity index (χ3v) is 2.09. The Labute approximate surface area is 76.0 Å². The van der Waals surface area contributed by atoms with Crippen molar-refractivity contribution in [3.8, 4) is 11.5 Å². The predicted molar refractivity (Wildman–Crippen MR) is 46.3 cm³/mol. The summed E-state index contributed by atoms with van der Waals surface area (Å²) in [6.07, 6.45) is 2.39. The molecule has 1 aliphatic carbocycles. The van der Waals surface area contributed by atoms with Crippen LogP contribution >= 0.6 is 0 Å². The minimum absolute atomic E-state index is 0.124. The topological polar surface area (TPSA) is 29.5 Å². The van der Waals surface area contributed by atoms with Crippen molar-refractivity contribution in [3.63, 3.8) is 0 Å². The van der Waals surface area contributed by atoms with Crippen LogP contribution in [0, 0.1) is 11.7 Å². The van der Waals surface area contributed by atoms with Crippen LogP contribution in [0.25, 0.3) is 0 Å². The molecule has 0 atom stereocenters. The highest BCUT2D eigenvalue weighted by molar-refractivity contribution is 5.38. The minimum atomic E-state index is -0.448. The van der Waals surface area contributed by atoms with Gasteiger partial charge in [0.25, 0.3) is 0 Å².